The molecule has 13 rings (SSSR count). The van der Waals surface area contributed by atoms with Gasteiger partial charge in [0.05, 0.1) is 53.7 Å². The summed E-state index contributed by atoms with van der Waals surface area (Å²) in [4.78, 5) is 12.6. The van der Waals surface area contributed by atoms with Crippen LogP contribution in [0.25, 0.3) is 27.5 Å². The van der Waals surface area contributed by atoms with Crippen molar-refractivity contribution in [1.29, 1.82) is 0 Å². The molecule has 0 bridgehead atoms. The van der Waals surface area contributed by atoms with Crippen LogP contribution in [-0.4, -0.2) is 96.0 Å². The highest BCUT2D eigenvalue weighted by molar-refractivity contribution is 7.99. The Morgan fingerprint density at radius 3 is 2.58 bits per heavy atom. The minimum Gasteiger partial charge on any atom is -0.385 e. The molecule has 0 aliphatic carbocycles. The maximum atomic E-state index is 15.6. The van der Waals surface area contributed by atoms with Gasteiger partial charge in [0.1, 0.15) is 18.4 Å². The SMILES string of the molecule is CN(C)CCCNc1ccc2c(c1)Nc1cccc(-[n+]3cncn3CCNc3cc4c(cc3C3CCOCC3[n+]3cnn(CC5(CNc6cc7c(cc6F)[nH]c6ccccc67)COC5)c3)CCc3ccccc3N4)c1S2. The van der Waals surface area contributed by atoms with Gasteiger partial charge >= 0.3 is 6.33 Å². The Balaban J connectivity index is 0.735. The first-order valence-corrected chi connectivity index (χ1v) is 27.4. The molecule has 0 radical (unpaired) electrons. The summed E-state index contributed by atoms with van der Waals surface area (Å²) in [6.07, 6.45) is 11.7. The van der Waals surface area contributed by atoms with Gasteiger partial charge in [0.15, 0.2) is 5.69 Å². The van der Waals surface area contributed by atoms with E-state index in [1.807, 2.05) is 47.9 Å². The molecule has 7 heterocycles. The zero-order valence-corrected chi connectivity index (χ0v) is 43.8. The molecule has 2 fully saturated rings. The van der Waals surface area contributed by atoms with Gasteiger partial charge in [-0.1, -0.05) is 60.3 Å². The van der Waals surface area contributed by atoms with Gasteiger partial charge in [0.2, 0.25) is 12.7 Å². The Morgan fingerprint density at radius 1 is 0.803 bits per heavy atom. The van der Waals surface area contributed by atoms with Crippen LogP contribution in [0, 0.1) is 11.2 Å². The summed E-state index contributed by atoms with van der Waals surface area (Å²) < 4.78 is 36.3. The zero-order valence-electron chi connectivity index (χ0n) is 43.0. The molecule has 0 saturated carbocycles. The summed E-state index contributed by atoms with van der Waals surface area (Å²) in [6.45, 7) is 6.85. The van der Waals surface area contributed by atoms with Crippen molar-refractivity contribution < 1.29 is 23.1 Å². The molecule has 388 valence electrons. The Kier molecular flexibility index (Phi) is 13.1. The number of anilines is 7. The van der Waals surface area contributed by atoms with Crippen molar-refractivity contribution in [3.63, 3.8) is 0 Å². The van der Waals surface area contributed by atoms with Gasteiger partial charge in [-0.25, -0.2) is 8.96 Å². The molecule has 4 aliphatic heterocycles. The molecule has 9 aromatic rings. The maximum absolute atomic E-state index is 15.6. The Bertz CT molecular complexity index is 3590. The fourth-order valence-electron chi connectivity index (χ4n) is 11.6. The summed E-state index contributed by atoms with van der Waals surface area (Å²) in [7, 11) is 4.23. The number of halogens is 1. The monoisotopic (exact) mass is 1040 g/mol. The molecule has 2 saturated heterocycles. The highest BCUT2D eigenvalue weighted by Crippen LogP contribution is 2.47. The predicted molar refractivity (Wildman–Crippen MR) is 298 cm³/mol. The quantitative estimate of drug-likeness (QED) is 0.0384. The van der Waals surface area contributed by atoms with Gasteiger partial charge in [-0.3, -0.25) is 0 Å². The van der Waals surface area contributed by atoms with Crippen LogP contribution in [0.15, 0.2) is 144 Å². The first-order valence-electron chi connectivity index (χ1n) is 26.6. The van der Waals surface area contributed by atoms with Crippen LogP contribution < -0.4 is 35.8 Å². The molecule has 6 N–H and O–H groups in total. The molecule has 15 nitrogen and oxygen atoms in total. The van der Waals surface area contributed by atoms with Gasteiger partial charge in [-0.15, -0.1) is 9.36 Å². The molecule has 0 amide bonds. The third-order valence-electron chi connectivity index (χ3n) is 15.6. The molecule has 76 heavy (non-hydrogen) atoms. The number of para-hydroxylation sites is 2. The second kappa shape index (κ2) is 20.6. The number of H-pyrrole nitrogens is 1. The van der Waals surface area contributed by atoms with Crippen LogP contribution in [0.3, 0.4) is 0 Å². The van der Waals surface area contributed by atoms with Gasteiger partial charge in [0.25, 0.3) is 6.33 Å². The van der Waals surface area contributed by atoms with Crippen LogP contribution >= 0.6 is 11.8 Å². The summed E-state index contributed by atoms with van der Waals surface area (Å²) >= 11 is 1.79. The Labute approximate surface area is 445 Å². The first kappa shape index (κ1) is 48.2. The van der Waals surface area contributed by atoms with E-state index < -0.39 is 0 Å². The number of hydrogen-bond acceptors (Lipinski definition) is 11. The van der Waals surface area contributed by atoms with Crippen molar-refractivity contribution >= 4 is 73.4 Å². The van der Waals surface area contributed by atoms with Crippen molar-refractivity contribution in [2.45, 2.75) is 60.5 Å². The van der Waals surface area contributed by atoms with Gasteiger partial charge in [0, 0.05) is 92.8 Å². The largest absolute Gasteiger partial charge is 0.385 e. The first-order chi connectivity index (χ1) is 37.3. The molecule has 2 atom stereocenters. The van der Waals surface area contributed by atoms with Crippen molar-refractivity contribution in [3.05, 3.63) is 157 Å². The number of aryl methyl sites for hydroxylation is 2. The zero-order chi connectivity index (χ0) is 51.2. The van der Waals surface area contributed by atoms with Gasteiger partial charge in [-0.05, 0) is 123 Å². The fourth-order valence-corrected chi connectivity index (χ4v) is 12.6. The molecule has 6 aromatic carbocycles. The Hall–Kier alpha value is -7.44. The fraction of sp³-hybridized carbons (Fsp3) is 0.322. The molecule has 3 aromatic heterocycles. The lowest BCUT2D eigenvalue weighted by Gasteiger charge is -2.40. The molecule has 2 unspecified atom stereocenters. The van der Waals surface area contributed by atoms with Gasteiger partial charge < -0.3 is 45.9 Å². The van der Waals surface area contributed by atoms with Crippen LogP contribution in [0.4, 0.5) is 44.2 Å². The normalized spacial score (nSPS) is 17.4. The van der Waals surface area contributed by atoms with E-state index in [4.69, 9.17) is 14.6 Å². The standard InChI is InChI=1S/C59H64FN13O2S/c1-69(2)22-8-20-62-41-17-18-57-54(26-41)68-49-13-7-14-55(58(49)76-57)73-36-61-35-72(73)23-21-63-51-29-50-40(16-15-39-9-3-5-11-47(39)66-50)25-44(51)43-19-24-74-30-56(43)70-37-65-71(38-70)32-59(33-75-34-59)31-64-53-27-45-42-10-4-6-12-48(42)67-52(45)28-46(53)60/h3-7,9-14,17-18,25-29,35-38,43,56,62-64,66-68H,8,15-16,19-24,30-34H2,1-2H3/q+2. The van der Waals surface area contributed by atoms with E-state index in [0.717, 1.165) is 105 Å². The third kappa shape index (κ3) is 9.61. The molecular weight excluding hydrogens is 974 g/mol. The van der Waals surface area contributed by atoms with Gasteiger partial charge in [-0.2, -0.15) is 4.68 Å². The highest BCUT2D eigenvalue weighted by atomic mass is 32.2. The topological polar surface area (TPSA) is 141 Å². The lowest BCUT2D eigenvalue weighted by molar-refractivity contribution is -0.731. The Morgan fingerprint density at radius 2 is 1.67 bits per heavy atom. The second-order valence-corrected chi connectivity index (χ2v) is 22.2. The highest BCUT2D eigenvalue weighted by Gasteiger charge is 2.42. The maximum Gasteiger partial charge on any atom is 0.312 e. The number of hydrogen-bond donors (Lipinski definition) is 6. The van der Waals surface area contributed by atoms with E-state index in [1.165, 1.54) is 21.6 Å². The van der Waals surface area contributed by atoms with E-state index >= 15 is 4.39 Å². The molecule has 0 spiro atoms. The minimum absolute atomic E-state index is 0.00739. The minimum atomic E-state index is -0.282. The average Bonchev–Trinajstić information content (AvgIpc) is 4.20. The molecule has 4 aliphatic rings. The van der Waals surface area contributed by atoms with Crippen molar-refractivity contribution in [2.24, 2.45) is 5.41 Å². The number of aromatic nitrogens is 7. The van der Waals surface area contributed by atoms with E-state index in [9.17, 15) is 0 Å². The van der Waals surface area contributed by atoms with Crippen LogP contribution in [0.5, 0.6) is 0 Å². The van der Waals surface area contributed by atoms with E-state index in [1.54, 1.807) is 17.8 Å². The van der Waals surface area contributed by atoms with E-state index in [0.29, 0.717) is 58.3 Å². The molecule has 17 heteroatoms. The second-order valence-electron chi connectivity index (χ2n) is 21.2. The number of benzene rings is 6. The number of rotatable bonds is 17. The number of ether oxygens (including phenoxy) is 2. The summed E-state index contributed by atoms with van der Waals surface area (Å²) in [6, 6.07) is 38.1. The van der Waals surface area contributed by atoms with Crippen molar-refractivity contribution in [3.8, 4) is 5.69 Å². The van der Waals surface area contributed by atoms with Crippen LogP contribution in [0.2, 0.25) is 0 Å². The number of nitrogens with zero attached hydrogens (tertiary/aromatic N) is 7. The summed E-state index contributed by atoms with van der Waals surface area (Å²) in [5, 5.41) is 25.6. The van der Waals surface area contributed by atoms with Crippen LogP contribution in [0.1, 0.15) is 41.5 Å². The number of fused-ring (bicyclic) bond motifs is 7. The number of aromatic amines is 1. The van der Waals surface area contributed by atoms with Crippen molar-refractivity contribution in [1.82, 2.24) is 29.3 Å². The predicted octanol–water partition coefficient (Wildman–Crippen LogP) is 9.82. The van der Waals surface area contributed by atoms with Crippen molar-refractivity contribution in [2.75, 3.05) is 93.3 Å². The molecular formula is C59H64FN13O2S+2. The summed E-state index contributed by atoms with van der Waals surface area (Å²) in [5.41, 5.74) is 13.7. The smallest absolute Gasteiger partial charge is 0.312 e. The number of nitrogens with one attached hydrogen (secondary N) is 6. The third-order valence-corrected chi connectivity index (χ3v) is 16.8. The van der Waals surface area contributed by atoms with E-state index in [2.05, 4.69) is 155 Å². The lowest BCUT2D eigenvalue weighted by atomic mass is 9.84. The van der Waals surface area contributed by atoms with E-state index in [-0.39, 0.29) is 23.2 Å². The summed E-state index contributed by atoms with van der Waals surface area (Å²) in [5.74, 6) is -0.133. The van der Waals surface area contributed by atoms with Crippen LogP contribution in [-0.2, 0) is 35.4 Å². The lowest BCUT2D eigenvalue weighted by Crippen LogP contribution is -2.51. The average molecular weight is 1040 g/mol.